The zero-order chi connectivity index (χ0) is 13.9. The zero-order valence-electron chi connectivity index (χ0n) is 12.2. The van der Waals surface area contributed by atoms with Gasteiger partial charge in [0.05, 0.1) is 6.54 Å². The van der Waals surface area contributed by atoms with Gasteiger partial charge in [0, 0.05) is 24.8 Å². The van der Waals surface area contributed by atoms with E-state index in [0.717, 1.165) is 38.6 Å². The topological polar surface area (TPSA) is 59.2 Å². The van der Waals surface area contributed by atoms with Gasteiger partial charge in [-0.15, -0.1) is 10.2 Å². The molecule has 1 aliphatic carbocycles. The molecule has 5 heteroatoms. The van der Waals surface area contributed by atoms with Crippen molar-refractivity contribution < 1.29 is 9.21 Å². The van der Waals surface area contributed by atoms with Crippen LogP contribution in [0.3, 0.4) is 0 Å². The largest absolute Gasteiger partial charge is 0.424 e. The molecule has 0 bridgehead atoms. The second kappa shape index (κ2) is 6.04. The molecule has 3 rings (SSSR count). The molecule has 1 aromatic rings. The first-order valence-corrected chi connectivity index (χ1v) is 7.86. The van der Waals surface area contributed by atoms with Crippen molar-refractivity contribution in [1.82, 2.24) is 15.1 Å². The number of aryl methyl sites for hydroxylation is 1. The highest BCUT2D eigenvalue weighted by Crippen LogP contribution is 2.33. The molecular formula is C15H23N3O2. The third-order valence-corrected chi connectivity index (χ3v) is 4.63. The summed E-state index contributed by atoms with van der Waals surface area (Å²) in [6.07, 6.45) is 7.18. The minimum Gasteiger partial charge on any atom is -0.424 e. The second-order valence-electron chi connectivity index (χ2n) is 5.94. The summed E-state index contributed by atoms with van der Waals surface area (Å²) in [6.45, 7) is 3.75. The van der Waals surface area contributed by atoms with Crippen LogP contribution in [-0.2, 0) is 17.8 Å². The monoisotopic (exact) mass is 277 g/mol. The quantitative estimate of drug-likeness (QED) is 0.845. The maximum absolute atomic E-state index is 12.2. The van der Waals surface area contributed by atoms with E-state index in [0.29, 0.717) is 30.2 Å². The fraction of sp³-hybridized carbons (Fsp3) is 0.800. The van der Waals surface area contributed by atoms with E-state index in [2.05, 4.69) is 15.1 Å². The van der Waals surface area contributed by atoms with Crippen LogP contribution in [0.5, 0.6) is 0 Å². The summed E-state index contributed by atoms with van der Waals surface area (Å²) >= 11 is 0. The first-order chi connectivity index (χ1) is 9.78. The second-order valence-corrected chi connectivity index (χ2v) is 5.94. The number of hydrogen-bond donors (Lipinski definition) is 0. The molecule has 0 aromatic carbocycles. The molecule has 2 aliphatic rings. The van der Waals surface area contributed by atoms with Crippen LogP contribution >= 0.6 is 0 Å². The Bertz CT molecular complexity index is 471. The lowest BCUT2D eigenvalue weighted by Gasteiger charge is -2.32. The average Bonchev–Trinajstić information content (AvgIpc) is 3.09. The normalized spacial score (nSPS) is 28.1. The Balaban J connectivity index is 1.67. The molecule has 1 saturated carbocycles. The van der Waals surface area contributed by atoms with Crippen LogP contribution in [-0.4, -0.2) is 33.5 Å². The van der Waals surface area contributed by atoms with Crippen molar-refractivity contribution in [2.24, 2.45) is 5.92 Å². The summed E-state index contributed by atoms with van der Waals surface area (Å²) in [6, 6.07) is 0.389. The smallest absolute Gasteiger partial charge is 0.230 e. The number of aromatic nitrogens is 2. The van der Waals surface area contributed by atoms with Crippen molar-refractivity contribution in [2.75, 3.05) is 6.54 Å². The molecule has 2 atom stereocenters. The summed E-state index contributed by atoms with van der Waals surface area (Å²) in [5.41, 5.74) is 0. The molecule has 2 fully saturated rings. The van der Waals surface area contributed by atoms with E-state index in [1.807, 2.05) is 6.92 Å². The highest BCUT2D eigenvalue weighted by atomic mass is 16.4. The Morgan fingerprint density at radius 1 is 1.20 bits per heavy atom. The molecule has 2 unspecified atom stereocenters. The van der Waals surface area contributed by atoms with E-state index in [4.69, 9.17) is 4.42 Å². The minimum atomic E-state index is 0.236. The van der Waals surface area contributed by atoms with Gasteiger partial charge in [0.25, 0.3) is 0 Å². The summed E-state index contributed by atoms with van der Waals surface area (Å²) in [5.74, 6) is 2.09. The standard InChI is InChI=1S/C15H23N3O2/c1-2-14-16-17-15(20-14)10-18-9-5-7-12(18)11-6-3-4-8-13(11)19/h11-12H,2-10H2,1H3. The van der Waals surface area contributed by atoms with Gasteiger partial charge in [0.2, 0.25) is 11.8 Å². The molecular weight excluding hydrogens is 254 g/mol. The Hall–Kier alpha value is -1.23. The molecule has 110 valence electrons. The van der Waals surface area contributed by atoms with Crippen LogP contribution in [0.1, 0.15) is 57.2 Å². The van der Waals surface area contributed by atoms with Gasteiger partial charge < -0.3 is 4.42 Å². The third-order valence-electron chi connectivity index (χ3n) is 4.63. The lowest BCUT2D eigenvalue weighted by Crippen LogP contribution is -2.40. The summed E-state index contributed by atoms with van der Waals surface area (Å²) in [5, 5.41) is 8.12. The number of carbonyl (C=O) groups excluding carboxylic acids is 1. The molecule has 20 heavy (non-hydrogen) atoms. The minimum absolute atomic E-state index is 0.236. The third kappa shape index (κ3) is 2.77. The predicted octanol–water partition coefficient (Wildman–Crippen LogP) is 2.36. The van der Waals surface area contributed by atoms with Crippen LogP contribution in [0.25, 0.3) is 0 Å². The molecule has 0 radical (unpaired) electrons. The summed E-state index contributed by atoms with van der Waals surface area (Å²) in [7, 11) is 0. The SMILES string of the molecule is CCc1nnc(CN2CCCC2C2CCCCC2=O)o1. The molecule has 1 aliphatic heterocycles. The van der Waals surface area contributed by atoms with E-state index in [9.17, 15) is 4.79 Å². The van der Waals surface area contributed by atoms with Crippen molar-refractivity contribution in [3.05, 3.63) is 11.8 Å². The number of nitrogens with zero attached hydrogens (tertiary/aromatic N) is 3. The van der Waals surface area contributed by atoms with Crippen molar-refractivity contribution in [2.45, 2.75) is 64.5 Å². The maximum atomic E-state index is 12.2. The zero-order valence-corrected chi connectivity index (χ0v) is 12.2. The molecule has 0 spiro atoms. The number of ketones is 1. The highest BCUT2D eigenvalue weighted by Gasteiger charge is 2.37. The van der Waals surface area contributed by atoms with E-state index >= 15 is 0 Å². The van der Waals surface area contributed by atoms with Crippen LogP contribution in [0.4, 0.5) is 0 Å². The van der Waals surface area contributed by atoms with E-state index < -0.39 is 0 Å². The molecule has 1 saturated heterocycles. The highest BCUT2D eigenvalue weighted by molar-refractivity contribution is 5.82. The van der Waals surface area contributed by atoms with Gasteiger partial charge in [0.15, 0.2) is 0 Å². The number of carbonyl (C=O) groups is 1. The van der Waals surface area contributed by atoms with E-state index in [-0.39, 0.29) is 5.92 Å². The van der Waals surface area contributed by atoms with Gasteiger partial charge in [-0.25, -0.2) is 0 Å². The van der Waals surface area contributed by atoms with Crippen LogP contribution in [0.15, 0.2) is 4.42 Å². The number of Topliss-reactive ketones (excluding diaryl/α,β-unsaturated/α-hetero) is 1. The number of likely N-dealkylation sites (tertiary alicyclic amines) is 1. The van der Waals surface area contributed by atoms with Gasteiger partial charge >= 0.3 is 0 Å². The van der Waals surface area contributed by atoms with Crippen LogP contribution in [0.2, 0.25) is 0 Å². The molecule has 1 aromatic heterocycles. The number of rotatable bonds is 4. The van der Waals surface area contributed by atoms with Gasteiger partial charge in [-0.3, -0.25) is 9.69 Å². The first kappa shape index (κ1) is 13.7. The summed E-state index contributed by atoms with van der Waals surface area (Å²) < 4.78 is 5.61. The lowest BCUT2D eigenvalue weighted by atomic mass is 9.82. The summed E-state index contributed by atoms with van der Waals surface area (Å²) in [4.78, 5) is 14.5. The predicted molar refractivity (Wildman–Crippen MR) is 74.1 cm³/mol. The molecule has 0 N–H and O–H groups in total. The van der Waals surface area contributed by atoms with Crippen molar-refractivity contribution in [1.29, 1.82) is 0 Å². The Kier molecular flexibility index (Phi) is 4.15. The Morgan fingerprint density at radius 2 is 2.05 bits per heavy atom. The van der Waals surface area contributed by atoms with Crippen molar-refractivity contribution >= 4 is 5.78 Å². The van der Waals surface area contributed by atoms with Gasteiger partial charge in [-0.2, -0.15) is 0 Å². The van der Waals surface area contributed by atoms with Gasteiger partial charge in [0.1, 0.15) is 5.78 Å². The van der Waals surface area contributed by atoms with E-state index in [1.165, 1.54) is 12.8 Å². The fourth-order valence-corrected chi connectivity index (χ4v) is 3.59. The van der Waals surface area contributed by atoms with E-state index in [1.54, 1.807) is 0 Å². The van der Waals surface area contributed by atoms with Crippen molar-refractivity contribution in [3.63, 3.8) is 0 Å². The Morgan fingerprint density at radius 3 is 2.80 bits per heavy atom. The average molecular weight is 277 g/mol. The van der Waals surface area contributed by atoms with Gasteiger partial charge in [-0.1, -0.05) is 13.3 Å². The Labute approximate surface area is 119 Å². The molecule has 0 amide bonds. The van der Waals surface area contributed by atoms with Crippen LogP contribution in [0, 0.1) is 5.92 Å². The lowest BCUT2D eigenvalue weighted by molar-refractivity contribution is -0.126. The number of hydrogen-bond acceptors (Lipinski definition) is 5. The molecule has 5 nitrogen and oxygen atoms in total. The maximum Gasteiger partial charge on any atom is 0.230 e. The molecule has 2 heterocycles. The first-order valence-electron chi connectivity index (χ1n) is 7.86. The van der Waals surface area contributed by atoms with Gasteiger partial charge in [-0.05, 0) is 32.2 Å². The van der Waals surface area contributed by atoms with Crippen molar-refractivity contribution in [3.8, 4) is 0 Å². The van der Waals surface area contributed by atoms with Crippen LogP contribution < -0.4 is 0 Å². The fourth-order valence-electron chi connectivity index (χ4n) is 3.59.